The van der Waals surface area contributed by atoms with Crippen LogP contribution in [0.5, 0.6) is 0 Å². The molecule has 4 aliphatic carbocycles. The van der Waals surface area contributed by atoms with E-state index >= 15 is 0 Å². The van der Waals surface area contributed by atoms with Gasteiger partial charge >= 0.3 is 0 Å². The Morgan fingerprint density at radius 1 is 1.17 bits per heavy atom. The Morgan fingerprint density at radius 2 is 1.83 bits per heavy atom. The summed E-state index contributed by atoms with van der Waals surface area (Å²) >= 11 is 1.69. The van der Waals surface area contributed by atoms with E-state index in [-0.39, 0.29) is 0 Å². The molecule has 0 aliphatic heterocycles. The average molecular weight is 262 g/mol. The molecular weight excluding hydrogens is 240 g/mol. The molecule has 4 saturated carbocycles. The smallest absolute Gasteiger partial charge is 0.0794 e. The third kappa shape index (κ3) is 1.83. The van der Waals surface area contributed by atoms with Crippen molar-refractivity contribution in [2.45, 2.75) is 44.6 Å². The first kappa shape index (κ1) is 11.4. The fraction of sp³-hybridized carbons (Fsp3) is 0.800. The van der Waals surface area contributed by atoms with Crippen LogP contribution < -0.4 is 5.73 Å². The van der Waals surface area contributed by atoms with Gasteiger partial charge in [0.1, 0.15) is 0 Å². The van der Waals surface area contributed by atoms with Crippen LogP contribution >= 0.6 is 11.3 Å². The normalized spacial score (nSPS) is 43.3. The molecule has 1 heterocycles. The molecule has 0 aromatic carbocycles. The molecule has 1 aromatic rings. The predicted octanol–water partition coefficient (Wildman–Crippen LogP) is 3.09. The Balaban J connectivity index is 1.50. The zero-order chi connectivity index (χ0) is 12.1. The van der Waals surface area contributed by atoms with Crippen LogP contribution in [0.15, 0.2) is 10.9 Å². The van der Waals surface area contributed by atoms with E-state index in [1.807, 2.05) is 5.51 Å². The van der Waals surface area contributed by atoms with Crippen LogP contribution in [0.1, 0.15) is 37.8 Å². The highest BCUT2D eigenvalue weighted by Crippen LogP contribution is 2.57. The maximum absolute atomic E-state index is 6.55. The number of nitrogens with zero attached hydrogens (tertiary/aromatic N) is 1. The molecule has 1 atom stereocenters. The molecule has 4 fully saturated rings. The van der Waals surface area contributed by atoms with Crippen molar-refractivity contribution in [1.29, 1.82) is 0 Å². The van der Waals surface area contributed by atoms with E-state index in [1.165, 1.54) is 37.8 Å². The quantitative estimate of drug-likeness (QED) is 0.909. The summed E-state index contributed by atoms with van der Waals surface area (Å²) in [4.78, 5) is 4.41. The minimum absolute atomic E-state index is 0.349. The van der Waals surface area contributed by atoms with Crippen LogP contribution in [0.2, 0.25) is 0 Å². The molecule has 98 valence electrons. The van der Waals surface area contributed by atoms with Crippen molar-refractivity contribution in [3.8, 4) is 0 Å². The summed E-state index contributed by atoms with van der Waals surface area (Å²) in [6, 6.07) is 0.349. The molecule has 0 amide bonds. The van der Waals surface area contributed by atoms with Gasteiger partial charge in [0.15, 0.2) is 0 Å². The maximum Gasteiger partial charge on any atom is 0.0794 e. The molecule has 0 spiro atoms. The Bertz CT molecular complexity index is 386. The van der Waals surface area contributed by atoms with Crippen LogP contribution in [0, 0.1) is 29.6 Å². The van der Waals surface area contributed by atoms with E-state index in [1.54, 1.807) is 11.3 Å². The van der Waals surface area contributed by atoms with Crippen LogP contribution in [0.4, 0.5) is 0 Å². The summed E-state index contributed by atoms with van der Waals surface area (Å²) in [6.45, 7) is 0. The van der Waals surface area contributed by atoms with Crippen LogP contribution in [0.25, 0.3) is 0 Å². The van der Waals surface area contributed by atoms with Crippen molar-refractivity contribution in [2.24, 2.45) is 35.3 Å². The lowest BCUT2D eigenvalue weighted by Gasteiger charge is -2.56. The highest BCUT2D eigenvalue weighted by molar-refractivity contribution is 7.07. The molecule has 5 rings (SSSR count). The second kappa shape index (κ2) is 4.31. The van der Waals surface area contributed by atoms with Crippen molar-refractivity contribution in [1.82, 2.24) is 4.98 Å². The highest BCUT2D eigenvalue weighted by atomic mass is 32.1. The summed E-state index contributed by atoms with van der Waals surface area (Å²) in [6.07, 6.45) is 8.42. The Kier molecular flexibility index (Phi) is 2.73. The first-order valence-corrected chi connectivity index (χ1v) is 8.36. The van der Waals surface area contributed by atoms with Gasteiger partial charge in [0.05, 0.1) is 11.2 Å². The van der Waals surface area contributed by atoms with Gasteiger partial charge in [-0.15, -0.1) is 11.3 Å². The number of nitrogens with two attached hydrogens (primary N) is 1. The zero-order valence-corrected chi connectivity index (χ0v) is 11.6. The molecular formula is C15H22N2S. The van der Waals surface area contributed by atoms with Crippen molar-refractivity contribution in [2.75, 3.05) is 0 Å². The summed E-state index contributed by atoms with van der Waals surface area (Å²) < 4.78 is 0. The zero-order valence-electron chi connectivity index (χ0n) is 10.8. The third-order valence-corrected chi connectivity index (χ3v) is 6.36. The first-order chi connectivity index (χ1) is 8.79. The van der Waals surface area contributed by atoms with Crippen molar-refractivity contribution in [3.05, 3.63) is 16.6 Å². The molecule has 2 nitrogen and oxygen atoms in total. The molecule has 18 heavy (non-hydrogen) atoms. The van der Waals surface area contributed by atoms with Crippen molar-refractivity contribution < 1.29 is 0 Å². The van der Waals surface area contributed by atoms with Gasteiger partial charge in [-0.3, -0.25) is 0 Å². The largest absolute Gasteiger partial charge is 0.327 e. The highest BCUT2D eigenvalue weighted by Gasteiger charge is 2.49. The molecule has 1 aromatic heterocycles. The standard InChI is InChI=1S/C15H22N2S/c16-14(6-13-7-18-8-17-13)15-11-2-9-1-10(4-11)5-12(15)3-9/h7-12,14-15H,1-6,16H2. The lowest BCUT2D eigenvalue weighted by molar-refractivity contribution is -0.0465. The monoisotopic (exact) mass is 262 g/mol. The molecule has 4 aliphatic rings. The second-order valence-corrected chi connectivity index (χ2v) is 7.57. The van der Waals surface area contributed by atoms with Gasteiger partial charge < -0.3 is 5.73 Å². The second-order valence-electron chi connectivity index (χ2n) is 6.86. The van der Waals surface area contributed by atoms with E-state index in [0.29, 0.717) is 6.04 Å². The summed E-state index contributed by atoms with van der Waals surface area (Å²) in [7, 11) is 0. The van der Waals surface area contributed by atoms with Gasteiger partial charge in [0.2, 0.25) is 0 Å². The van der Waals surface area contributed by atoms with E-state index in [4.69, 9.17) is 5.73 Å². The van der Waals surface area contributed by atoms with Gasteiger partial charge in [0, 0.05) is 17.8 Å². The summed E-state index contributed by atoms with van der Waals surface area (Å²) in [5.74, 6) is 4.77. The van der Waals surface area contributed by atoms with E-state index in [0.717, 1.165) is 36.0 Å². The molecule has 0 radical (unpaired) electrons. The number of aromatic nitrogens is 1. The number of hydrogen-bond donors (Lipinski definition) is 1. The fourth-order valence-electron chi connectivity index (χ4n) is 5.38. The number of thiazole rings is 1. The lowest BCUT2D eigenvalue weighted by Crippen LogP contribution is -2.52. The van der Waals surface area contributed by atoms with E-state index in [9.17, 15) is 0 Å². The van der Waals surface area contributed by atoms with Crippen LogP contribution in [-0.4, -0.2) is 11.0 Å². The van der Waals surface area contributed by atoms with Crippen LogP contribution in [-0.2, 0) is 6.42 Å². The third-order valence-electron chi connectivity index (χ3n) is 5.72. The van der Waals surface area contributed by atoms with Gasteiger partial charge in [-0.25, -0.2) is 4.98 Å². The molecule has 0 saturated heterocycles. The lowest BCUT2D eigenvalue weighted by atomic mass is 9.50. The molecule has 2 N–H and O–H groups in total. The first-order valence-electron chi connectivity index (χ1n) is 7.42. The Morgan fingerprint density at radius 3 is 2.39 bits per heavy atom. The summed E-state index contributed by atoms with van der Waals surface area (Å²) in [5.41, 5.74) is 9.69. The van der Waals surface area contributed by atoms with Crippen molar-refractivity contribution >= 4 is 11.3 Å². The fourth-order valence-corrected chi connectivity index (χ4v) is 5.95. The van der Waals surface area contributed by atoms with E-state index in [2.05, 4.69) is 10.4 Å². The van der Waals surface area contributed by atoms with Gasteiger partial charge in [-0.1, -0.05) is 0 Å². The number of hydrogen-bond acceptors (Lipinski definition) is 3. The van der Waals surface area contributed by atoms with Gasteiger partial charge in [-0.2, -0.15) is 0 Å². The number of rotatable bonds is 3. The summed E-state index contributed by atoms with van der Waals surface area (Å²) in [5, 5.41) is 2.16. The SMILES string of the molecule is NC(Cc1cscn1)C1C2CC3CC(C2)CC1C3. The molecule has 1 unspecified atom stereocenters. The maximum atomic E-state index is 6.55. The average Bonchev–Trinajstić information content (AvgIpc) is 2.80. The Labute approximate surface area is 113 Å². The Hall–Kier alpha value is -0.410. The van der Waals surface area contributed by atoms with Crippen LogP contribution in [0.3, 0.4) is 0 Å². The van der Waals surface area contributed by atoms with Gasteiger partial charge in [0.25, 0.3) is 0 Å². The van der Waals surface area contributed by atoms with E-state index < -0.39 is 0 Å². The molecule has 4 bridgehead atoms. The minimum Gasteiger partial charge on any atom is -0.327 e. The minimum atomic E-state index is 0.349. The predicted molar refractivity (Wildman–Crippen MR) is 74.3 cm³/mol. The van der Waals surface area contributed by atoms with Crippen molar-refractivity contribution in [3.63, 3.8) is 0 Å². The topological polar surface area (TPSA) is 38.9 Å². The molecule has 3 heteroatoms. The van der Waals surface area contributed by atoms with Gasteiger partial charge in [-0.05, 0) is 61.7 Å².